The van der Waals surface area contributed by atoms with Crippen LogP contribution in [0.15, 0.2) is 54.7 Å². The molecule has 0 radical (unpaired) electrons. The Kier molecular flexibility index (Phi) is 27.0. The van der Waals surface area contributed by atoms with Crippen LogP contribution in [0.25, 0.3) is 11.1 Å². The fourth-order valence-electron chi connectivity index (χ4n) is 11.9. The highest BCUT2D eigenvalue weighted by molar-refractivity contribution is 5.93. The molecule has 574 valence electrons. The van der Waals surface area contributed by atoms with E-state index in [1.54, 1.807) is 118 Å². The van der Waals surface area contributed by atoms with Crippen LogP contribution in [-0.4, -0.2) is 245 Å². The van der Waals surface area contributed by atoms with E-state index in [1.807, 2.05) is 48.5 Å². The highest BCUT2D eigenvalue weighted by atomic mass is 16.7. The number of nitrogens with one attached hydrogen (secondary N) is 7. The Hall–Kier alpha value is -8.06. The lowest BCUT2D eigenvalue weighted by Crippen LogP contribution is -2.70. The van der Waals surface area contributed by atoms with Crippen LogP contribution in [0.3, 0.4) is 0 Å². The molecular formula is C69H104N10O24. The molecule has 2 aliphatic carbocycles. The van der Waals surface area contributed by atoms with E-state index >= 15 is 0 Å². The van der Waals surface area contributed by atoms with Gasteiger partial charge in [-0.1, -0.05) is 67.6 Å². The molecule has 2 aliphatic heterocycles. The summed E-state index contributed by atoms with van der Waals surface area (Å²) in [5.41, 5.74) is -1.37. The third-order valence-corrected chi connectivity index (χ3v) is 16.3. The molecule has 4 aliphatic rings. The molecule has 103 heavy (non-hydrogen) atoms. The third kappa shape index (κ3) is 23.7. The molecule has 2 unspecified atom stereocenters. The molecular weight excluding hydrogens is 1350 g/mol. The number of hydrogen-bond acceptors (Lipinski definition) is 26. The average Bonchev–Trinajstić information content (AvgIpc) is 1.74. The predicted molar refractivity (Wildman–Crippen MR) is 363 cm³/mol. The Balaban J connectivity index is 1.20. The fraction of sp³-hybridized carbons (Fsp3) is 0.681. The van der Waals surface area contributed by atoms with Gasteiger partial charge in [0.2, 0.25) is 11.8 Å². The molecule has 0 spiro atoms. The standard InChI is InChI=1S/C69H104N10O24/c1-33(2)46(57(88)70-29-45(80)99-65(3,4)5)75-56(87)42(74-61(90)94-32-39-37-24-20-18-22-35(37)36-23-19-21-25-38(36)39)26-34-30-79(78-77-34)31-44-48(81)47(76-64(93)103-69(15,16)17)50(83)58(96-44)97-54-40(72-62(91)101-67(9,10)11)27-41(73-63(92)102-68(12,13)14)55(53(54)86)98-59-52(85)51(84)49(82)43(95-59)28-71-60(89)100-66(6,7)8/h18-25,30,33,39-44,46-55,58-59,81-86H,26-29,31-32H2,1-17H3,(H,70,88)(H,71,89)(H,72,91)(H,73,92)(H,74,90)(H,75,87)(H,76,93)/t40-,41+,42?,43+,44+,46?,47-,48+,49+,50+,51-,52+,53-,54+,55-,58+,59+/m0/s1. The van der Waals surface area contributed by atoms with Gasteiger partial charge in [-0.25, -0.2) is 28.7 Å². The summed E-state index contributed by atoms with van der Waals surface area (Å²) in [5, 5.41) is 97.4. The number of ether oxygens (including phenoxy) is 10. The van der Waals surface area contributed by atoms with E-state index in [2.05, 4.69) is 47.5 Å². The summed E-state index contributed by atoms with van der Waals surface area (Å²) < 4.78 is 59.5. The van der Waals surface area contributed by atoms with Crippen molar-refractivity contribution in [1.29, 1.82) is 0 Å². The zero-order valence-corrected chi connectivity index (χ0v) is 61.3. The molecule has 2 saturated heterocycles. The summed E-state index contributed by atoms with van der Waals surface area (Å²) in [5.74, 6) is -3.31. The van der Waals surface area contributed by atoms with Gasteiger partial charge in [-0.3, -0.25) is 14.4 Å². The molecule has 3 heterocycles. The number of aliphatic hydroxyl groups is 6. The molecule has 0 bridgehead atoms. The molecule has 17 atom stereocenters. The highest BCUT2D eigenvalue weighted by Gasteiger charge is 2.55. The number of esters is 1. The Morgan fingerprint density at radius 3 is 1.54 bits per heavy atom. The zero-order chi connectivity index (χ0) is 76.6. The Bertz CT molecular complexity index is 3390. The van der Waals surface area contributed by atoms with E-state index in [0.717, 1.165) is 26.9 Å². The van der Waals surface area contributed by atoms with Gasteiger partial charge in [-0.15, -0.1) is 5.10 Å². The van der Waals surface area contributed by atoms with Crippen molar-refractivity contribution in [3.63, 3.8) is 0 Å². The summed E-state index contributed by atoms with van der Waals surface area (Å²) >= 11 is 0. The van der Waals surface area contributed by atoms with Crippen LogP contribution < -0.4 is 37.2 Å². The molecule has 7 rings (SSSR count). The lowest BCUT2D eigenvalue weighted by molar-refractivity contribution is -0.333. The Morgan fingerprint density at radius 2 is 1.03 bits per heavy atom. The maximum Gasteiger partial charge on any atom is 0.408 e. The van der Waals surface area contributed by atoms with Crippen LogP contribution in [0.5, 0.6) is 0 Å². The lowest BCUT2D eigenvalue weighted by Gasteiger charge is -2.49. The second-order valence-corrected chi connectivity index (χ2v) is 31.2. The molecule has 2 aromatic carbocycles. The number of aliphatic hydroxyl groups excluding tert-OH is 6. The maximum atomic E-state index is 14.6. The van der Waals surface area contributed by atoms with E-state index in [9.17, 15) is 69.0 Å². The van der Waals surface area contributed by atoms with Crippen LogP contribution >= 0.6 is 0 Å². The smallest absolute Gasteiger partial charge is 0.408 e. The van der Waals surface area contributed by atoms with E-state index in [1.165, 1.54) is 6.20 Å². The van der Waals surface area contributed by atoms with Crippen LogP contribution in [0.4, 0.5) is 24.0 Å². The predicted octanol–water partition coefficient (Wildman–Crippen LogP) is 2.32. The minimum Gasteiger partial charge on any atom is -0.459 e. The first-order valence-corrected chi connectivity index (χ1v) is 34.2. The molecule has 34 nitrogen and oxygen atoms in total. The normalized spacial score (nSPS) is 26.5. The van der Waals surface area contributed by atoms with Gasteiger partial charge in [0.25, 0.3) is 0 Å². The summed E-state index contributed by atoms with van der Waals surface area (Å²) in [6, 6.07) is 7.83. The van der Waals surface area contributed by atoms with Crippen LogP contribution in [0, 0.1) is 5.92 Å². The number of carbonyl (C=O) groups excluding carboxylic acids is 8. The summed E-state index contributed by atoms with van der Waals surface area (Å²) in [6.45, 7) is 25.5. The summed E-state index contributed by atoms with van der Waals surface area (Å²) in [6.07, 6.45) is -27.7. The number of fused-ring (bicyclic) bond motifs is 3. The van der Waals surface area contributed by atoms with E-state index in [0.29, 0.717) is 0 Å². The average molecular weight is 1460 g/mol. The first-order chi connectivity index (χ1) is 47.7. The van der Waals surface area contributed by atoms with Crippen LogP contribution in [0.1, 0.15) is 147 Å². The van der Waals surface area contributed by atoms with Crippen molar-refractivity contribution in [2.45, 2.75) is 275 Å². The molecule has 3 aromatic rings. The maximum absolute atomic E-state index is 14.6. The fourth-order valence-corrected chi connectivity index (χ4v) is 11.9. The minimum atomic E-state index is -2.14. The van der Waals surface area contributed by atoms with Gasteiger partial charge in [0.15, 0.2) is 12.6 Å². The molecule has 7 amide bonds. The number of alkyl carbamates (subject to hydrolysis) is 5. The Labute approximate surface area is 597 Å². The van der Waals surface area contributed by atoms with Crippen molar-refractivity contribution in [1.82, 2.24) is 52.2 Å². The SMILES string of the molecule is CC(C)C(NC(=O)C(Cc1cn(C[C@H]2O[C@H](O[C@H]3[C@H](O)[C@@H](O[C@H]4O[C@H](CNC(=O)OC(C)(C)C)[C@@H](O)[C@H](O)[C@H]4O)[C@H](NC(=O)OC(C)(C)C)C[C@@H]3NC(=O)OC(C)(C)C)[C@H](O)[C@@H](NC(=O)OC(C)(C)C)[C@@H]2O)nn1)NC(=O)OCC1c2ccccc2-c2ccccc21)C(=O)NCC(=O)OC(C)(C)C. The van der Waals surface area contributed by atoms with Gasteiger partial charge in [-0.05, 0) is 138 Å². The summed E-state index contributed by atoms with van der Waals surface area (Å²) in [4.78, 5) is 109. The monoisotopic (exact) mass is 1460 g/mol. The summed E-state index contributed by atoms with van der Waals surface area (Å²) in [7, 11) is 0. The number of benzene rings is 2. The first kappa shape index (κ1) is 82.2. The zero-order valence-electron chi connectivity index (χ0n) is 61.3. The van der Waals surface area contributed by atoms with Gasteiger partial charge in [-0.2, -0.15) is 0 Å². The van der Waals surface area contributed by atoms with E-state index in [-0.39, 0.29) is 18.2 Å². The Morgan fingerprint density at radius 1 is 0.544 bits per heavy atom. The van der Waals surface area contributed by atoms with E-state index < -0.39 is 218 Å². The molecule has 1 saturated carbocycles. The van der Waals surface area contributed by atoms with Crippen molar-refractivity contribution in [3.05, 3.63) is 71.5 Å². The van der Waals surface area contributed by atoms with E-state index in [4.69, 9.17) is 47.4 Å². The second-order valence-electron chi connectivity index (χ2n) is 31.2. The van der Waals surface area contributed by atoms with Crippen LogP contribution in [0.2, 0.25) is 0 Å². The minimum absolute atomic E-state index is 0.0258. The van der Waals surface area contributed by atoms with Gasteiger partial charge < -0.3 is 115 Å². The van der Waals surface area contributed by atoms with Crippen molar-refractivity contribution in [2.75, 3.05) is 19.7 Å². The lowest BCUT2D eigenvalue weighted by atomic mass is 9.83. The van der Waals surface area contributed by atoms with Gasteiger partial charge in [0.1, 0.15) is 114 Å². The number of nitrogens with zero attached hydrogens (tertiary/aromatic N) is 3. The molecule has 13 N–H and O–H groups in total. The number of carbonyl (C=O) groups is 8. The first-order valence-electron chi connectivity index (χ1n) is 34.2. The molecule has 34 heteroatoms. The van der Waals surface area contributed by atoms with Crippen molar-refractivity contribution in [3.8, 4) is 11.1 Å². The second kappa shape index (κ2) is 33.8. The van der Waals surface area contributed by atoms with Crippen LogP contribution in [-0.2, 0) is 74.7 Å². The topological polar surface area (TPSA) is 465 Å². The number of aromatic nitrogens is 3. The van der Waals surface area contributed by atoms with Crippen molar-refractivity contribution >= 4 is 48.2 Å². The number of rotatable bonds is 22. The molecule has 3 fully saturated rings. The van der Waals surface area contributed by atoms with Crippen molar-refractivity contribution in [2.24, 2.45) is 5.92 Å². The quantitative estimate of drug-likeness (QED) is 0.0507. The van der Waals surface area contributed by atoms with Crippen molar-refractivity contribution < 1.29 is 116 Å². The van der Waals surface area contributed by atoms with Gasteiger partial charge in [0, 0.05) is 25.1 Å². The highest BCUT2D eigenvalue weighted by Crippen LogP contribution is 2.45. The molecule has 1 aromatic heterocycles. The van der Waals surface area contributed by atoms with Gasteiger partial charge >= 0.3 is 36.4 Å². The largest absolute Gasteiger partial charge is 0.459 e. The third-order valence-electron chi connectivity index (χ3n) is 16.3. The number of hydrogen-bond donors (Lipinski definition) is 13. The van der Waals surface area contributed by atoms with Gasteiger partial charge in [0.05, 0.1) is 30.4 Å². The number of amides is 7.